The highest BCUT2D eigenvalue weighted by Gasteiger charge is 2.22. The van der Waals surface area contributed by atoms with Crippen molar-refractivity contribution in [2.75, 3.05) is 48.3 Å². The molecule has 0 atom stereocenters. The number of hydrogen-bond acceptors (Lipinski definition) is 8. The van der Waals surface area contributed by atoms with Crippen LogP contribution in [0.25, 0.3) is 0 Å². The number of sulfonamides is 1. The van der Waals surface area contributed by atoms with Crippen LogP contribution in [0.2, 0.25) is 10.0 Å². The number of nitro groups is 1. The van der Waals surface area contributed by atoms with Gasteiger partial charge < -0.3 is 9.64 Å². The average molecular weight is 530 g/mol. The molecule has 1 saturated heterocycles. The van der Waals surface area contributed by atoms with E-state index in [0.717, 1.165) is 10.6 Å². The fourth-order valence-electron chi connectivity index (χ4n) is 3.23. The lowest BCUT2D eigenvalue weighted by Gasteiger charge is -2.29. The van der Waals surface area contributed by atoms with Crippen LogP contribution in [-0.4, -0.2) is 64.6 Å². The van der Waals surface area contributed by atoms with Crippen molar-refractivity contribution in [2.24, 2.45) is 5.10 Å². The number of ether oxygens (including phenoxy) is 1. The van der Waals surface area contributed by atoms with Crippen LogP contribution in [0.15, 0.2) is 41.5 Å². The first-order chi connectivity index (χ1) is 16.1. The SMILES string of the molecule is CS(=O)(=O)N(CC(=O)N/N=C\c1cc([N+](=O)[O-])ccc1N1CCOCC1)c1ccc(Cl)c(Cl)c1. The van der Waals surface area contributed by atoms with Gasteiger partial charge in [-0.15, -0.1) is 0 Å². The highest BCUT2D eigenvalue weighted by molar-refractivity contribution is 7.92. The summed E-state index contributed by atoms with van der Waals surface area (Å²) in [4.78, 5) is 25.1. The molecule has 34 heavy (non-hydrogen) atoms. The van der Waals surface area contributed by atoms with Gasteiger partial charge in [-0.1, -0.05) is 23.2 Å². The topological polar surface area (TPSA) is 134 Å². The number of nitro benzene ring substituents is 1. The number of rotatable bonds is 8. The minimum absolute atomic E-state index is 0.132. The normalized spacial score (nSPS) is 14.3. The summed E-state index contributed by atoms with van der Waals surface area (Å²) in [5.74, 6) is -0.730. The fraction of sp³-hybridized carbons (Fsp3) is 0.300. The third-order valence-corrected chi connectivity index (χ3v) is 6.72. The van der Waals surface area contributed by atoms with Crippen LogP contribution in [0.5, 0.6) is 0 Å². The standard InChI is InChI=1S/C20H21Cl2N5O6S/c1-34(31,32)26(15-2-4-17(21)18(22)11-15)13-20(28)24-23-12-14-10-16(27(29)30)3-5-19(14)25-6-8-33-9-7-25/h2-5,10-12H,6-9,13H2,1H3,(H,24,28)/b23-12-. The Morgan fingerprint density at radius 3 is 2.56 bits per heavy atom. The zero-order chi connectivity index (χ0) is 24.9. The molecule has 1 aliphatic rings. The number of benzene rings is 2. The van der Waals surface area contributed by atoms with E-state index in [-0.39, 0.29) is 21.4 Å². The van der Waals surface area contributed by atoms with Crippen LogP contribution in [0.4, 0.5) is 17.1 Å². The Balaban J connectivity index is 1.78. The van der Waals surface area contributed by atoms with Crippen LogP contribution in [0.1, 0.15) is 5.56 Å². The third kappa shape index (κ3) is 6.56. The van der Waals surface area contributed by atoms with Crippen LogP contribution in [0, 0.1) is 10.1 Å². The number of hydrazone groups is 1. The van der Waals surface area contributed by atoms with Crippen molar-refractivity contribution in [1.82, 2.24) is 5.43 Å². The summed E-state index contributed by atoms with van der Waals surface area (Å²) >= 11 is 11.9. The molecule has 0 aliphatic carbocycles. The molecule has 11 nitrogen and oxygen atoms in total. The van der Waals surface area contributed by atoms with E-state index in [1.165, 1.54) is 36.5 Å². The molecule has 0 unspecified atom stereocenters. The van der Waals surface area contributed by atoms with Crippen LogP contribution in [0.3, 0.4) is 0 Å². The average Bonchev–Trinajstić information content (AvgIpc) is 2.79. The van der Waals surface area contributed by atoms with Crippen molar-refractivity contribution < 1.29 is 22.9 Å². The summed E-state index contributed by atoms with van der Waals surface area (Å²) in [6.45, 7) is 1.65. The molecule has 0 spiro atoms. The fourth-order valence-corrected chi connectivity index (χ4v) is 4.37. The second-order valence-electron chi connectivity index (χ2n) is 7.26. The maximum Gasteiger partial charge on any atom is 0.270 e. The molecule has 0 radical (unpaired) electrons. The maximum atomic E-state index is 12.5. The van der Waals surface area contributed by atoms with E-state index in [2.05, 4.69) is 10.5 Å². The van der Waals surface area contributed by atoms with Crippen LogP contribution >= 0.6 is 23.2 Å². The molecule has 1 N–H and O–H groups in total. The van der Waals surface area contributed by atoms with Gasteiger partial charge in [-0.2, -0.15) is 5.10 Å². The lowest BCUT2D eigenvalue weighted by atomic mass is 10.1. The van der Waals surface area contributed by atoms with Gasteiger partial charge in [-0.05, 0) is 24.3 Å². The Bertz CT molecular complexity index is 1220. The lowest BCUT2D eigenvalue weighted by molar-refractivity contribution is -0.384. The molecule has 1 amide bonds. The second-order valence-corrected chi connectivity index (χ2v) is 9.98. The van der Waals surface area contributed by atoms with Gasteiger partial charge in [0, 0.05) is 36.5 Å². The minimum Gasteiger partial charge on any atom is -0.378 e. The molecule has 0 bridgehead atoms. The predicted octanol–water partition coefficient (Wildman–Crippen LogP) is 2.65. The summed E-state index contributed by atoms with van der Waals surface area (Å²) < 4.78 is 30.7. The number of amides is 1. The Labute approximate surface area is 206 Å². The van der Waals surface area contributed by atoms with Crippen LogP contribution < -0.4 is 14.6 Å². The quantitative estimate of drug-likeness (QED) is 0.315. The van der Waals surface area contributed by atoms with Crippen LogP contribution in [-0.2, 0) is 19.6 Å². The minimum atomic E-state index is -3.83. The number of halogens is 2. The van der Waals surface area contributed by atoms with Gasteiger partial charge in [0.1, 0.15) is 6.54 Å². The molecule has 0 saturated carbocycles. The van der Waals surface area contributed by atoms with E-state index >= 15 is 0 Å². The Morgan fingerprint density at radius 2 is 1.94 bits per heavy atom. The number of morpholine rings is 1. The number of carbonyl (C=O) groups is 1. The highest BCUT2D eigenvalue weighted by Crippen LogP contribution is 2.28. The van der Waals surface area contributed by atoms with E-state index in [0.29, 0.717) is 37.6 Å². The highest BCUT2D eigenvalue weighted by atomic mass is 35.5. The van der Waals surface area contributed by atoms with E-state index in [1.54, 1.807) is 6.07 Å². The van der Waals surface area contributed by atoms with Gasteiger partial charge in [0.15, 0.2) is 0 Å². The number of nitrogens with zero attached hydrogens (tertiary/aromatic N) is 4. The molecule has 2 aromatic rings. The Kier molecular flexibility index (Phi) is 8.31. The molecule has 1 fully saturated rings. The monoisotopic (exact) mass is 529 g/mol. The van der Waals surface area contributed by atoms with Gasteiger partial charge in [-0.3, -0.25) is 19.2 Å². The second kappa shape index (κ2) is 11.0. The maximum absolute atomic E-state index is 12.5. The summed E-state index contributed by atoms with van der Waals surface area (Å²) in [5.41, 5.74) is 3.40. The van der Waals surface area contributed by atoms with Gasteiger partial charge in [0.2, 0.25) is 10.0 Å². The molecular weight excluding hydrogens is 509 g/mol. The molecule has 0 aromatic heterocycles. The zero-order valence-corrected chi connectivity index (χ0v) is 20.3. The van der Waals surface area contributed by atoms with Gasteiger partial charge >= 0.3 is 0 Å². The van der Waals surface area contributed by atoms with Crippen molar-refractivity contribution in [1.29, 1.82) is 0 Å². The largest absolute Gasteiger partial charge is 0.378 e. The van der Waals surface area contributed by atoms with E-state index in [4.69, 9.17) is 27.9 Å². The van der Waals surface area contributed by atoms with Gasteiger partial charge in [0.25, 0.3) is 11.6 Å². The number of carbonyl (C=O) groups excluding carboxylic acids is 1. The number of hydrogen-bond donors (Lipinski definition) is 1. The van der Waals surface area contributed by atoms with E-state index in [1.807, 2.05) is 4.90 Å². The van der Waals surface area contributed by atoms with Crippen molar-refractivity contribution in [2.45, 2.75) is 0 Å². The Hall–Kier alpha value is -2.93. The number of non-ortho nitro benzene ring substituents is 1. The van der Waals surface area contributed by atoms with Gasteiger partial charge in [0.05, 0.1) is 46.3 Å². The van der Waals surface area contributed by atoms with E-state index in [9.17, 15) is 23.3 Å². The van der Waals surface area contributed by atoms with Crippen molar-refractivity contribution >= 4 is 62.4 Å². The van der Waals surface area contributed by atoms with Crippen molar-refractivity contribution in [3.63, 3.8) is 0 Å². The first-order valence-electron chi connectivity index (χ1n) is 9.92. The summed E-state index contributed by atoms with van der Waals surface area (Å²) in [5, 5.41) is 15.4. The first kappa shape index (κ1) is 25.7. The number of nitrogens with one attached hydrogen (secondary N) is 1. The first-order valence-corrected chi connectivity index (χ1v) is 12.5. The molecule has 1 heterocycles. The van der Waals surface area contributed by atoms with Crippen molar-refractivity contribution in [3.05, 3.63) is 62.1 Å². The molecule has 2 aromatic carbocycles. The van der Waals surface area contributed by atoms with E-state index < -0.39 is 27.4 Å². The molecule has 14 heteroatoms. The third-order valence-electron chi connectivity index (χ3n) is 4.85. The molecular formula is C20H21Cl2N5O6S. The number of anilines is 2. The smallest absolute Gasteiger partial charge is 0.270 e. The lowest BCUT2D eigenvalue weighted by Crippen LogP contribution is -2.39. The summed E-state index contributed by atoms with van der Waals surface area (Å²) in [6, 6.07) is 8.52. The van der Waals surface area contributed by atoms with Crippen molar-refractivity contribution in [3.8, 4) is 0 Å². The zero-order valence-electron chi connectivity index (χ0n) is 18.0. The predicted molar refractivity (Wildman–Crippen MR) is 131 cm³/mol. The molecule has 3 rings (SSSR count). The Morgan fingerprint density at radius 1 is 1.24 bits per heavy atom. The summed E-state index contributed by atoms with van der Waals surface area (Å²) in [6.07, 6.45) is 2.23. The molecule has 182 valence electrons. The molecule has 1 aliphatic heterocycles. The van der Waals surface area contributed by atoms with Gasteiger partial charge in [-0.25, -0.2) is 13.8 Å². The summed E-state index contributed by atoms with van der Waals surface area (Å²) in [7, 11) is -3.83.